The lowest BCUT2D eigenvalue weighted by molar-refractivity contribution is -0.343. The van der Waals surface area contributed by atoms with E-state index in [0.717, 1.165) is 6.07 Å². The Morgan fingerprint density at radius 2 is 1.65 bits per heavy atom. The molecular formula is C15H9F8NO2. The van der Waals surface area contributed by atoms with E-state index in [0.29, 0.717) is 5.39 Å². The maximum absolute atomic E-state index is 13.4. The number of benzene rings is 1. The van der Waals surface area contributed by atoms with Gasteiger partial charge in [-0.1, -0.05) is 18.2 Å². The van der Waals surface area contributed by atoms with Gasteiger partial charge in [0.1, 0.15) is 0 Å². The van der Waals surface area contributed by atoms with Crippen molar-refractivity contribution in [3.05, 3.63) is 42.1 Å². The molecule has 0 aliphatic rings. The summed E-state index contributed by atoms with van der Waals surface area (Å²) in [6.07, 6.45) is -3.79. The fourth-order valence-electron chi connectivity index (χ4n) is 1.97. The van der Waals surface area contributed by atoms with E-state index in [1.165, 1.54) is 30.5 Å². The Morgan fingerprint density at radius 1 is 1.04 bits per heavy atom. The summed E-state index contributed by atoms with van der Waals surface area (Å²) in [5.74, 6) is -20.0. The number of alkyl halides is 8. The minimum atomic E-state index is -6.44. The highest BCUT2D eigenvalue weighted by atomic mass is 19.4. The maximum atomic E-state index is 13.4. The van der Waals surface area contributed by atoms with Gasteiger partial charge in [-0.3, -0.25) is 4.98 Å². The van der Waals surface area contributed by atoms with E-state index in [4.69, 9.17) is 0 Å². The number of carbonyl (C=O) groups is 1. The Labute approximate surface area is 140 Å². The third-order valence-corrected chi connectivity index (χ3v) is 3.39. The third-order valence-electron chi connectivity index (χ3n) is 3.39. The first kappa shape index (κ1) is 19.9. The van der Waals surface area contributed by atoms with Crippen LogP contribution >= 0.6 is 0 Å². The number of esters is 1. The molecule has 0 amide bonds. The normalized spacial score (nSPS) is 13.3. The zero-order valence-corrected chi connectivity index (χ0v) is 12.5. The predicted molar refractivity (Wildman–Crippen MR) is 72.9 cm³/mol. The lowest BCUT2D eigenvalue weighted by Gasteiger charge is -2.31. The number of fused-ring (bicyclic) bond motifs is 1. The second-order valence-corrected chi connectivity index (χ2v) is 5.16. The van der Waals surface area contributed by atoms with Crippen LogP contribution in [-0.4, -0.2) is 41.8 Å². The fraction of sp³-hybridized carbons (Fsp3) is 0.333. The zero-order valence-electron chi connectivity index (χ0n) is 12.5. The average molecular weight is 387 g/mol. The Hall–Kier alpha value is -2.46. The van der Waals surface area contributed by atoms with Crippen LogP contribution in [0.3, 0.4) is 0 Å². The van der Waals surface area contributed by atoms with Gasteiger partial charge in [-0.25, -0.2) is 13.6 Å². The van der Waals surface area contributed by atoms with Crippen molar-refractivity contribution in [3.63, 3.8) is 0 Å². The van der Waals surface area contributed by atoms with Crippen molar-refractivity contribution in [2.75, 3.05) is 6.61 Å². The van der Waals surface area contributed by atoms with Crippen LogP contribution in [0, 0.1) is 0 Å². The molecule has 0 atom stereocenters. The molecule has 0 fully saturated rings. The van der Waals surface area contributed by atoms with Gasteiger partial charge in [0, 0.05) is 11.6 Å². The summed E-state index contributed by atoms with van der Waals surface area (Å²) in [7, 11) is 0. The quantitative estimate of drug-likeness (QED) is 0.539. The molecule has 3 nitrogen and oxygen atoms in total. The van der Waals surface area contributed by atoms with Gasteiger partial charge < -0.3 is 4.74 Å². The molecule has 0 spiro atoms. The molecule has 0 unspecified atom stereocenters. The van der Waals surface area contributed by atoms with Gasteiger partial charge in [-0.2, -0.15) is 26.3 Å². The Morgan fingerprint density at radius 3 is 2.27 bits per heavy atom. The van der Waals surface area contributed by atoms with Gasteiger partial charge in [-0.05, 0) is 12.1 Å². The molecule has 0 bridgehead atoms. The van der Waals surface area contributed by atoms with E-state index >= 15 is 0 Å². The molecule has 1 aromatic heterocycles. The summed E-state index contributed by atoms with van der Waals surface area (Å²) in [6, 6.07) is 6.91. The van der Waals surface area contributed by atoms with Gasteiger partial charge >= 0.3 is 30.2 Å². The highest BCUT2D eigenvalue weighted by Crippen LogP contribution is 2.48. The van der Waals surface area contributed by atoms with E-state index in [9.17, 15) is 39.9 Å². The Balaban J connectivity index is 2.22. The molecule has 0 N–H and O–H groups in total. The van der Waals surface area contributed by atoms with E-state index in [1.54, 1.807) is 0 Å². The number of rotatable bonds is 6. The van der Waals surface area contributed by atoms with Crippen LogP contribution in [0.1, 0.15) is 10.4 Å². The highest BCUT2D eigenvalue weighted by molar-refractivity contribution is 6.02. The topological polar surface area (TPSA) is 39.2 Å². The van der Waals surface area contributed by atoms with Crippen molar-refractivity contribution in [3.8, 4) is 0 Å². The lowest BCUT2D eigenvalue weighted by atomic mass is 10.1. The molecule has 2 rings (SSSR count). The number of halogens is 8. The van der Waals surface area contributed by atoms with Gasteiger partial charge in [0.2, 0.25) is 0 Å². The second-order valence-electron chi connectivity index (χ2n) is 5.16. The predicted octanol–water partition coefficient (Wildman–Crippen LogP) is 4.56. The molecular weight excluding hydrogens is 378 g/mol. The molecule has 0 aliphatic carbocycles. The number of aromatic nitrogens is 1. The van der Waals surface area contributed by atoms with Crippen LogP contribution in [0.2, 0.25) is 0 Å². The summed E-state index contributed by atoms with van der Waals surface area (Å²) in [5.41, 5.74) is -0.393. The molecule has 0 saturated heterocycles. The standard InChI is InChI=1S/C15H9F8NO2/c16-12(17)14(20,21)15(22,23)13(18,19)7-26-11(25)9-5-1-3-8-4-2-6-24-10(8)9/h1-6,12H,7H2. The molecule has 0 aliphatic heterocycles. The van der Waals surface area contributed by atoms with Crippen molar-refractivity contribution in [1.82, 2.24) is 4.98 Å². The maximum Gasteiger partial charge on any atom is 0.381 e. The lowest BCUT2D eigenvalue weighted by Crippen LogP contribution is -2.59. The first-order valence-electron chi connectivity index (χ1n) is 6.84. The molecule has 1 aromatic carbocycles. The molecule has 142 valence electrons. The van der Waals surface area contributed by atoms with Gasteiger partial charge in [0.15, 0.2) is 6.61 Å². The van der Waals surface area contributed by atoms with Crippen LogP contribution in [0.4, 0.5) is 35.1 Å². The molecule has 0 saturated carbocycles. The van der Waals surface area contributed by atoms with E-state index < -0.39 is 36.8 Å². The number of ether oxygens (including phenoxy) is 1. The molecule has 0 radical (unpaired) electrons. The summed E-state index contributed by atoms with van der Waals surface area (Å²) in [4.78, 5) is 15.6. The van der Waals surface area contributed by atoms with Crippen LogP contribution < -0.4 is 0 Å². The number of hydrogen-bond donors (Lipinski definition) is 0. The van der Waals surface area contributed by atoms with Crippen LogP contribution in [0.15, 0.2) is 36.5 Å². The smallest absolute Gasteiger partial charge is 0.381 e. The number of nitrogens with zero attached hydrogens (tertiary/aromatic N) is 1. The first-order chi connectivity index (χ1) is 11.9. The zero-order chi connectivity index (χ0) is 19.8. The third kappa shape index (κ3) is 3.29. The largest absolute Gasteiger partial charge is 0.455 e. The van der Waals surface area contributed by atoms with Crippen LogP contribution in [-0.2, 0) is 4.74 Å². The number of pyridine rings is 1. The van der Waals surface area contributed by atoms with E-state index in [-0.39, 0.29) is 11.1 Å². The molecule has 11 heteroatoms. The van der Waals surface area contributed by atoms with Gasteiger partial charge in [0.25, 0.3) is 0 Å². The number of hydrogen-bond acceptors (Lipinski definition) is 3. The van der Waals surface area contributed by atoms with Crippen molar-refractivity contribution in [1.29, 1.82) is 0 Å². The summed E-state index contributed by atoms with van der Waals surface area (Å²) in [6.45, 7) is -2.52. The summed E-state index contributed by atoms with van der Waals surface area (Å²) < 4.78 is 107. The van der Waals surface area contributed by atoms with Gasteiger partial charge in [0.05, 0.1) is 11.1 Å². The van der Waals surface area contributed by atoms with Crippen molar-refractivity contribution >= 4 is 16.9 Å². The Bertz CT molecular complexity index is 804. The molecule has 2 aromatic rings. The van der Waals surface area contributed by atoms with Gasteiger partial charge in [-0.15, -0.1) is 0 Å². The molecule has 26 heavy (non-hydrogen) atoms. The number of para-hydroxylation sites is 1. The minimum absolute atomic E-state index is 0.00649. The highest BCUT2D eigenvalue weighted by Gasteiger charge is 2.75. The van der Waals surface area contributed by atoms with Crippen LogP contribution in [0.5, 0.6) is 0 Å². The van der Waals surface area contributed by atoms with E-state index in [1.807, 2.05) is 0 Å². The fourth-order valence-corrected chi connectivity index (χ4v) is 1.97. The summed E-state index contributed by atoms with van der Waals surface area (Å²) >= 11 is 0. The second kappa shape index (κ2) is 6.69. The minimum Gasteiger partial charge on any atom is -0.455 e. The average Bonchev–Trinajstić information content (AvgIpc) is 2.58. The summed E-state index contributed by atoms with van der Waals surface area (Å²) in [5, 5.41) is 0.392. The van der Waals surface area contributed by atoms with Crippen molar-refractivity contribution in [2.45, 2.75) is 24.2 Å². The van der Waals surface area contributed by atoms with Crippen molar-refractivity contribution < 1.29 is 44.7 Å². The van der Waals surface area contributed by atoms with Crippen molar-refractivity contribution in [2.24, 2.45) is 0 Å². The SMILES string of the molecule is O=C(OCC(F)(F)C(F)(F)C(F)(F)C(F)F)c1cccc2cccnc12. The number of carbonyl (C=O) groups excluding carboxylic acids is 1. The van der Waals surface area contributed by atoms with Crippen LogP contribution in [0.25, 0.3) is 10.9 Å². The monoisotopic (exact) mass is 387 g/mol. The first-order valence-corrected chi connectivity index (χ1v) is 6.84. The molecule has 1 heterocycles. The van der Waals surface area contributed by atoms with E-state index in [2.05, 4.69) is 9.72 Å². The Kier molecular flexibility index (Phi) is 5.11.